The van der Waals surface area contributed by atoms with Gasteiger partial charge < -0.3 is 15.6 Å². The Kier molecular flexibility index (Phi) is 3.04. The van der Waals surface area contributed by atoms with Crippen LogP contribution in [0.4, 0.5) is 17.5 Å². The molecule has 1 aromatic carbocycles. The lowest BCUT2D eigenvalue weighted by Crippen LogP contribution is -2.01. The monoisotopic (exact) mass is 318 g/mol. The summed E-state index contributed by atoms with van der Waals surface area (Å²) in [4.78, 5) is 15.8. The molecule has 0 unspecified atom stereocenters. The van der Waals surface area contributed by atoms with Crippen LogP contribution in [0.3, 0.4) is 0 Å². The van der Waals surface area contributed by atoms with E-state index in [1.807, 2.05) is 24.3 Å². The highest BCUT2D eigenvalue weighted by molar-refractivity contribution is 9.10. The minimum Gasteiger partial charge on any atom is -0.357 e. The van der Waals surface area contributed by atoms with Crippen molar-refractivity contribution in [3.8, 4) is 0 Å². The van der Waals surface area contributed by atoms with Crippen LogP contribution in [0.25, 0.3) is 11.2 Å². The Balaban J connectivity index is 2.06. The summed E-state index contributed by atoms with van der Waals surface area (Å²) < 4.78 is 1.00. The van der Waals surface area contributed by atoms with Crippen molar-refractivity contribution >= 4 is 44.5 Å². The second-order valence-corrected chi connectivity index (χ2v) is 4.80. The van der Waals surface area contributed by atoms with Crippen LogP contribution in [-0.4, -0.2) is 27.0 Å². The molecule has 3 N–H and O–H groups in total. The summed E-state index contributed by atoms with van der Waals surface area (Å²) in [5.74, 6) is 1.21. The summed E-state index contributed by atoms with van der Waals surface area (Å²) in [5.41, 5.74) is 2.34. The zero-order chi connectivity index (χ0) is 13.2. The lowest BCUT2D eigenvalue weighted by Gasteiger charge is -2.08. The largest absolute Gasteiger partial charge is 0.357 e. The van der Waals surface area contributed by atoms with Crippen LogP contribution < -0.4 is 10.6 Å². The van der Waals surface area contributed by atoms with Crippen molar-refractivity contribution < 1.29 is 0 Å². The molecular weight excluding hydrogens is 308 g/mol. The quantitative estimate of drug-likeness (QED) is 0.692. The normalized spacial score (nSPS) is 10.6. The van der Waals surface area contributed by atoms with Crippen LogP contribution in [0.1, 0.15) is 0 Å². The summed E-state index contributed by atoms with van der Waals surface area (Å²) in [6.07, 6.45) is 1.60. The highest BCUT2D eigenvalue weighted by Crippen LogP contribution is 2.24. The zero-order valence-electron chi connectivity index (χ0n) is 10.1. The van der Waals surface area contributed by atoms with Gasteiger partial charge in [0.2, 0.25) is 5.95 Å². The lowest BCUT2D eigenvalue weighted by molar-refractivity contribution is 1.18. The molecule has 0 saturated carbocycles. The van der Waals surface area contributed by atoms with Crippen LogP contribution in [0.2, 0.25) is 0 Å². The van der Waals surface area contributed by atoms with Crippen LogP contribution in [0.15, 0.2) is 35.1 Å². The molecule has 6 nitrogen and oxygen atoms in total. The molecule has 3 aromatic rings. The van der Waals surface area contributed by atoms with E-state index in [2.05, 4.69) is 46.5 Å². The number of nitrogens with one attached hydrogen (secondary N) is 3. The van der Waals surface area contributed by atoms with Gasteiger partial charge in [0.05, 0.1) is 6.33 Å². The fourth-order valence-corrected chi connectivity index (χ4v) is 2.14. The first-order valence-electron chi connectivity index (χ1n) is 5.68. The Morgan fingerprint density at radius 3 is 2.95 bits per heavy atom. The number of aromatic amines is 1. The standard InChI is InChI=1S/C12H11BrN6/c1-14-12-18-10-9(15-6-16-10)11(19-12)17-8-4-2-3-7(13)5-8/h2-6H,1H3,(H3,14,15,16,17,18,19). The number of imidazole rings is 1. The van der Waals surface area contributed by atoms with E-state index in [-0.39, 0.29) is 0 Å². The molecule has 0 spiro atoms. The van der Waals surface area contributed by atoms with E-state index >= 15 is 0 Å². The molecule has 0 aliphatic rings. The third-order valence-corrected chi connectivity index (χ3v) is 3.09. The van der Waals surface area contributed by atoms with E-state index < -0.39 is 0 Å². The number of anilines is 3. The zero-order valence-corrected chi connectivity index (χ0v) is 11.7. The number of hydrogen-bond donors (Lipinski definition) is 3. The van der Waals surface area contributed by atoms with Gasteiger partial charge in [-0.15, -0.1) is 0 Å². The van der Waals surface area contributed by atoms with E-state index in [9.17, 15) is 0 Å². The molecule has 0 bridgehead atoms. The second-order valence-electron chi connectivity index (χ2n) is 3.88. The maximum absolute atomic E-state index is 4.40. The topological polar surface area (TPSA) is 78.5 Å². The smallest absolute Gasteiger partial charge is 0.226 e. The van der Waals surface area contributed by atoms with Gasteiger partial charge in [-0.3, -0.25) is 0 Å². The second kappa shape index (κ2) is 4.85. The van der Waals surface area contributed by atoms with Crippen LogP contribution in [-0.2, 0) is 0 Å². The van der Waals surface area contributed by atoms with E-state index in [1.165, 1.54) is 0 Å². The molecule has 0 fully saturated rings. The molecule has 19 heavy (non-hydrogen) atoms. The van der Waals surface area contributed by atoms with Gasteiger partial charge in [0.25, 0.3) is 0 Å². The molecule has 0 aliphatic carbocycles. The molecule has 2 aromatic heterocycles. The molecule has 0 aliphatic heterocycles. The summed E-state index contributed by atoms with van der Waals surface area (Å²) in [7, 11) is 1.77. The highest BCUT2D eigenvalue weighted by Gasteiger charge is 2.09. The fraction of sp³-hybridized carbons (Fsp3) is 0.0833. The van der Waals surface area contributed by atoms with Gasteiger partial charge in [-0.2, -0.15) is 9.97 Å². The number of rotatable bonds is 3. The average Bonchev–Trinajstić information content (AvgIpc) is 2.87. The summed E-state index contributed by atoms with van der Waals surface area (Å²) in [5, 5.41) is 6.18. The average molecular weight is 319 g/mol. The first kappa shape index (κ1) is 11.9. The molecule has 0 radical (unpaired) electrons. The van der Waals surface area contributed by atoms with E-state index in [0.29, 0.717) is 17.4 Å². The maximum Gasteiger partial charge on any atom is 0.226 e. The van der Waals surface area contributed by atoms with Crippen LogP contribution >= 0.6 is 15.9 Å². The molecule has 0 atom stereocenters. The van der Waals surface area contributed by atoms with Crippen molar-refractivity contribution in [3.63, 3.8) is 0 Å². The molecule has 0 amide bonds. The third-order valence-electron chi connectivity index (χ3n) is 2.60. The fourth-order valence-electron chi connectivity index (χ4n) is 1.74. The van der Waals surface area contributed by atoms with E-state index in [4.69, 9.17) is 0 Å². The van der Waals surface area contributed by atoms with E-state index in [1.54, 1.807) is 13.4 Å². The van der Waals surface area contributed by atoms with Crippen LogP contribution in [0, 0.1) is 0 Å². The first-order chi connectivity index (χ1) is 9.26. The third kappa shape index (κ3) is 2.37. The number of hydrogen-bond acceptors (Lipinski definition) is 5. The number of aromatic nitrogens is 4. The Morgan fingerprint density at radius 1 is 1.26 bits per heavy atom. The predicted octanol–water partition coefficient (Wildman–Crippen LogP) is 2.90. The first-order valence-corrected chi connectivity index (χ1v) is 6.47. The van der Waals surface area contributed by atoms with E-state index in [0.717, 1.165) is 15.7 Å². The predicted molar refractivity (Wildman–Crippen MR) is 78.7 cm³/mol. The minimum atomic E-state index is 0.525. The molecule has 7 heteroatoms. The Hall–Kier alpha value is -2.15. The number of H-pyrrole nitrogens is 1. The van der Waals surface area contributed by atoms with Gasteiger partial charge in [-0.25, -0.2) is 4.98 Å². The van der Waals surface area contributed by atoms with Crippen molar-refractivity contribution in [2.24, 2.45) is 0 Å². The van der Waals surface area contributed by atoms with Crippen molar-refractivity contribution in [3.05, 3.63) is 35.1 Å². The molecule has 96 valence electrons. The molecule has 3 rings (SSSR count). The van der Waals surface area contributed by atoms with Gasteiger partial charge in [0.1, 0.15) is 5.52 Å². The lowest BCUT2D eigenvalue weighted by atomic mass is 10.3. The number of halogens is 1. The molecule has 0 saturated heterocycles. The molecule has 2 heterocycles. The van der Waals surface area contributed by atoms with Crippen molar-refractivity contribution in [2.75, 3.05) is 17.7 Å². The summed E-state index contributed by atoms with van der Waals surface area (Å²) >= 11 is 3.44. The highest BCUT2D eigenvalue weighted by atomic mass is 79.9. The van der Waals surface area contributed by atoms with Gasteiger partial charge in [-0.05, 0) is 18.2 Å². The number of nitrogens with zero attached hydrogens (tertiary/aromatic N) is 3. The Labute approximate surface area is 117 Å². The van der Waals surface area contributed by atoms with Gasteiger partial charge in [-0.1, -0.05) is 22.0 Å². The maximum atomic E-state index is 4.40. The number of fused-ring (bicyclic) bond motifs is 1. The van der Waals surface area contributed by atoms with Gasteiger partial charge in [0.15, 0.2) is 11.5 Å². The minimum absolute atomic E-state index is 0.525. The van der Waals surface area contributed by atoms with Crippen molar-refractivity contribution in [1.29, 1.82) is 0 Å². The van der Waals surface area contributed by atoms with Gasteiger partial charge >= 0.3 is 0 Å². The summed E-state index contributed by atoms with van der Waals surface area (Å²) in [6, 6.07) is 7.87. The molecular formula is C12H11BrN6. The van der Waals surface area contributed by atoms with Crippen LogP contribution in [0.5, 0.6) is 0 Å². The van der Waals surface area contributed by atoms with Crippen molar-refractivity contribution in [1.82, 2.24) is 19.9 Å². The summed E-state index contributed by atoms with van der Waals surface area (Å²) in [6.45, 7) is 0. The van der Waals surface area contributed by atoms with Gasteiger partial charge in [0, 0.05) is 17.2 Å². The Bertz CT molecular complexity index is 723. The van der Waals surface area contributed by atoms with Crippen molar-refractivity contribution in [2.45, 2.75) is 0 Å². The SMILES string of the molecule is CNc1nc(Nc2cccc(Br)c2)c2[nH]cnc2n1. The Morgan fingerprint density at radius 2 is 2.16 bits per heavy atom. The number of benzene rings is 1.